The third-order valence-corrected chi connectivity index (χ3v) is 2.38. The highest BCUT2D eigenvalue weighted by Gasteiger charge is 2.06. The van der Waals surface area contributed by atoms with Crippen LogP contribution in [0.1, 0.15) is 25.0 Å². The number of carbonyl (C=O) groups excluding carboxylic acids is 1. The van der Waals surface area contributed by atoms with Crippen LogP contribution in [0.4, 0.5) is 0 Å². The summed E-state index contributed by atoms with van der Waals surface area (Å²) in [6.45, 7) is 4.44. The molecule has 0 heterocycles. The minimum atomic E-state index is -0.488. The highest BCUT2D eigenvalue weighted by Crippen LogP contribution is 2.06. The number of amidine groups is 1. The molecule has 0 radical (unpaired) electrons. The molecular formula is C13H20N4O. The molecule has 1 rings (SSSR count). The lowest BCUT2D eigenvalue weighted by molar-refractivity contribution is -0.122. The monoisotopic (exact) mass is 248 g/mol. The van der Waals surface area contributed by atoms with Gasteiger partial charge in [-0.2, -0.15) is 0 Å². The van der Waals surface area contributed by atoms with Gasteiger partial charge in [0.25, 0.3) is 0 Å². The van der Waals surface area contributed by atoms with Crippen LogP contribution in [0.25, 0.3) is 0 Å². The largest absolute Gasteiger partial charge is 0.388 e. The Kier molecular flexibility index (Phi) is 5.32. The molecule has 5 heteroatoms. The summed E-state index contributed by atoms with van der Waals surface area (Å²) in [5.74, 6) is 0.405. The number of nitrogens with two attached hydrogens (primary N) is 2. The van der Waals surface area contributed by atoms with E-state index in [0.29, 0.717) is 18.9 Å². The van der Waals surface area contributed by atoms with E-state index in [1.165, 1.54) is 0 Å². The van der Waals surface area contributed by atoms with E-state index in [-0.39, 0.29) is 5.91 Å². The van der Waals surface area contributed by atoms with Gasteiger partial charge in [0.05, 0.1) is 18.4 Å². The van der Waals surface area contributed by atoms with E-state index < -0.39 is 6.04 Å². The summed E-state index contributed by atoms with van der Waals surface area (Å²) in [7, 11) is 0. The average molecular weight is 248 g/mol. The molecule has 0 fully saturated rings. The molecule has 0 unspecified atom stereocenters. The van der Waals surface area contributed by atoms with Crippen LogP contribution in [0.2, 0.25) is 0 Å². The minimum Gasteiger partial charge on any atom is -0.388 e. The molecular weight excluding hydrogens is 228 g/mol. The molecule has 0 saturated heterocycles. The van der Waals surface area contributed by atoms with Gasteiger partial charge in [0, 0.05) is 6.54 Å². The van der Waals surface area contributed by atoms with Crippen molar-refractivity contribution in [3.8, 4) is 0 Å². The molecule has 1 aromatic rings. The van der Waals surface area contributed by atoms with Gasteiger partial charge in [-0.1, -0.05) is 24.3 Å². The Morgan fingerprint density at radius 3 is 2.72 bits per heavy atom. The summed E-state index contributed by atoms with van der Waals surface area (Å²) >= 11 is 0. The zero-order chi connectivity index (χ0) is 13.5. The second-order valence-corrected chi connectivity index (χ2v) is 4.28. The molecule has 0 bridgehead atoms. The van der Waals surface area contributed by atoms with Crippen LogP contribution in [-0.4, -0.2) is 17.8 Å². The Hall–Kier alpha value is -1.88. The third-order valence-electron chi connectivity index (χ3n) is 2.38. The molecule has 1 aromatic carbocycles. The lowest BCUT2D eigenvalue weighted by Crippen LogP contribution is -2.37. The van der Waals surface area contributed by atoms with Crippen LogP contribution in [-0.2, 0) is 17.9 Å². The van der Waals surface area contributed by atoms with Gasteiger partial charge in [0.15, 0.2) is 0 Å². The van der Waals surface area contributed by atoms with Gasteiger partial charge in [0.1, 0.15) is 0 Å². The Bertz CT molecular complexity index is 436. The van der Waals surface area contributed by atoms with E-state index >= 15 is 0 Å². The van der Waals surface area contributed by atoms with E-state index in [9.17, 15) is 4.79 Å². The van der Waals surface area contributed by atoms with Crippen molar-refractivity contribution in [2.45, 2.75) is 33.0 Å². The maximum atomic E-state index is 11.3. The summed E-state index contributed by atoms with van der Waals surface area (Å²) in [6, 6.07) is 7.36. The summed E-state index contributed by atoms with van der Waals surface area (Å²) in [4.78, 5) is 15.5. The maximum absolute atomic E-state index is 11.3. The molecule has 98 valence electrons. The average Bonchev–Trinajstić information content (AvgIpc) is 2.33. The smallest absolute Gasteiger partial charge is 0.236 e. The Morgan fingerprint density at radius 1 is 1.44 bits per heavy atom. The summed E-state index contributed by atoms with van der Waals surface area (Å²) in [5, 5.41) is 2.77. The zero-order valence-corrected chi connectivity index (χ0v) is 10.8. The van der Waals surface area contributed by atoms with E-state index in [1.54, 1.807) is 13.8 Å². The van der Waals surface area contributed by atoms with Crippen molar-refractivity contribution >= 4 is 11.7 Å². The molecule has 0 spiro atoms. The van der Waals surface area contributed by atoms with Gasteiger partial charge in [-0.05, 0) is 25.0 Å². The molecule has 1 amide bonds. The first-order valence-corrected chi connectivity index (χ1v) is 5.86. The quantitative estimate of drug-likeness (QED) is 0.524. The number of carbonyl (C=O) groups is 1. The third kappa shape index (κ3) is 4.97. The summed E-state index contributed by atoms with van der Waals surface area (Å²) < 4.78 is 0. The molecule has 18 heavy (non-hydrogen) atoms. The number of nitrogens with zero attached hydrogens (tertiary/aromatic N) is 1. The van der Waals surface area contributed by atoms with E-state index in [4.69, 9.17) is 11.5 Å². The number of amides is 1. The molecule has 0 aliphatic carbocycles. The summed E-state index contributed by atoms with van der Waals surface area (Å²) in [5.41, 5.74) is 13.0. The van der Waals surface area contributed by atoms with Gasteiger partial charge in [0.2, 0.25) is 5.91 Å². The van der Waals surface area contributed by atoms with Gasteiger partial charge < -0.3 is 16.8 Å². The fraction of sp³-hybridized carbons (Fsp3) is 0.385. The SMILES string of the molecule is CC(N)=NCc1cccc(CNC(=O)[C@H](C)N)c1. The highest BCUT2D eigenvalue weighted by atomic mass is 16.2. The van der Waals surface area contributed by atoms with Crippen LogP contribution >= 0.6 is 0 Å². The van der Waals surface area contributed by atoms with Crippen LogP contribution in [0.3, 0.4) is 0 Å². The topological polar surface area (TPSA) is 93.5 Å². The van der Waals surface area contributed by atoms with Crippen molar-refractivity contribution < 1.29 is 4.79 Å². The maximum Gasteiger partial charge on any atom is 0.236 e. The predicted octanol–water partition coefficient (Wildman–Crippen LogP) is 0.527. The number of hydrogen-bond acceptors (Lipinski definition) is 3. The number of benzene rings is 1. The van der Waals surface area contributed by atoms with Gasteiger partial charge in [-0.3, -0.25) is 9.79 Å². The van der Waals surface area contributed by atoms with Gasteiger partial charge >= 0.3 is 0 Å². The molecule has 0 aliphatic heterocycles. The number of rotatable bonds is 5. The first-order chi connectivity index (χ1) is 8.49. The fourth-order valence-corrected chi connectivity index (χ4v) is 1.40. The van der Waals surface area contributed by atoms with Crippen molar-refractivity contribution in [2.75, 3.05) is 0 Å². The second kappa shape index (κ2) is 6.76. The molecule has 0 saturated carbocycles. The lowest BCUT2D eigenvalue weighted by atomic mass is 10.1. The minimum absolute atomic E-state index is 0.156. The van der Waals surface area contributed by atoms with Crippen molar-refractivity contribution in [1.29, 1.82) is 0 Å². The number of aliphatic imine (C=N–C) groups is 1. The van der Waals surface area contributed by atoms with E-state index in [2.05, 4.69) is 10.3 Å². The van der Waals surface area contributed by atoms with Crippen molar-refractivity contribution in [2.24, 2.45) is 16.5 Å². The molecule has 1 atom stereocenters. The van der Waals surface area contributed by atoms with Crippen LogP contribution < -0.4 is 16.8 Å². The Balaban J connectivity index is 2.59. The molecule has 0 aliphatic rings. The van der Waals surface area contributed by atoms with Gasteiger partial charge in [-0.15, -0.1) is 0 Å². The first-order valence-electron chi connectivity index (χ1n) is 5.86. The normalized spacial score (nSPS) is 13.2. The lowest BCUT2D eigenvalue weighted by Gasteiger charge is -2.08. The van der Waals surface area contributed by atoms with Crippen molar-refractivity contribution in [3.05, 3.63) is 35.4 Å². The van der Waals surface area contributed by atoms with Crippen LogP contribution in [0.5, 0.6) is 0 Å². The van der Waals surface area contributed by atoms with Gasteiger partial charge in [-0.25, -0.2) is 0 Å². The number of nitrogens with one attached hydrogen (secondary N) is 1. The zero-order valence-electron chi connectivity index (χ0n) is 10.8. The first kappa shape index (κ1) is 14.2. The van der Waals surface area contributed by atoms with Crippen LogP contribution in [0, 0.1) is 0 Å². The molecule has 5 nitrogen and oxygen atoms in total. The Labute approximate surface area is 107 Å². The van der Waals surface area contributed by atoms with Crippen molar-refractivity contribution in [3.63, 3.8) is 0 Å². The molecule has 0 aromatic heterocycles. The van der Waals surface area contributed by atoms with E-state index in [1.807, 2.05) is 24.3 Å². The summed E-state index contributed by atoms with van der Waals surface area (Å²) in [6.07, 6.45) is 0. The molecule has 5 N–H and O–H groups in total. The van der Waals surface area contributed by atoms with Crippen molar-refractivity contribution in [1.82, 2.24) is 5.32 Å². The highest BCUT2D eigenvalue weighted by molar-refractivity contribution is 5.80. The fourth-order valence-electron chi connectivity index (χ4n) is 1.40. The van der Waals surface area contributed by atoms with Crippen LogP contribution in [0.15, 0.2) is 29.3 Å². The van der Waals surface area contributed by atoms with E-state index in [0.717, 1.165) is 11.1 Å². The predicted molar refractivity (Wildman–Crippen MR) is 72.9 cm³/mol. The second-order valence-electron chi connectivity index (χ2n) is 4.28. The standard InChI is InChI=1S/C13H20N4O/c1-9(14)13(18)17-8-12-5-3-4-11(6-12)7-16-10(2)15/h3-6,9H,7-8,14H2,1-2H3,(H2,15,16)(H,17,18)/t9-/m0/s1. The Morgan fingerprint density at radius 2 is 2.11 bits per heavy atom. The number of hydrogen-bond donors (Lipinski definition) is 3.